The van der Waals surface area contributed by atoms with E-state index in [1.807, 2.05) is 12.2 Å². The smallest absolute Gasteiger partial charge is 0.305 e. The lowest BCUT2D eigenvalue weighted by atomic mass is 9.89. The van der Waals surface area contributed by atoms with Crippen LogP contribution in [0.2, 0.25) is 0 Å². The SMILES string of the molecule is COC(=O)CC1CCC(=O)C1C/C=C/CCO. The first kappa shape index (κ1) is 13.9. The second kappa shape index (κ2) is 7.22. The number of hydrogen-bond acceptors (Lipinski definition) is 4. The molecular formula is C13H20O4. The molecule has 4 heteroatoms. The Labute approximate surface area is 102 Å². The molecule has 96 valence electrons. The molecule has 0 radical (unpaired) electrons. The van der Waals surface area contributed by atoms with Crippen molar-refractivity contribution in [2.24, 2.45) is 11.8 Å². The highest BCUT2D eigenvalue weighted by molar-refractivity contribution is 5.84. The van der Waals surface area contributed by atoms with Crippen LogP contribution in [-0.2, 0) is 14.3 Å². The first-order valence-electron chi connectivity index (χ1n) is 6.04. The van der Waals surface area contributed by atoms with E-state index in [0.29, 0.717) is 25.7 Å². The molecule has 0 heterocycles. The number of rotatable bonds is 6. The molecule has 1 N–H and O–H groups in total. The first-order valence-corrected chi connectivity index (χ1v) is 6.04. The molecule has 0 aromatic rings. The lowest BCUT2D eigenvalue weighted by molar-refractivity contribution is -0.142. The highest BCUT2D eigenvalue weighted by Gasteiger charge is 2.34. The van der Waals surface area contributed by atoms with Crippen molar-refractivity contribution in [3.8, 4) is 0 Å². The summed E-state index contributed by atoms with van der Waals surface area (Å²) in [4.78, 5) is 22.9. The molecule has 1 rings (SSSR count). The third-order valence-corrected chi connectivity index (χ3v) is 3.25. The van der Waals surface area contributed by atoms with Gasteiger partial charge in [0.25, 0.3) is 0 Å². The van der Waals surface area contributed by atoms with Crippen molar-refractivity contribution >= 4 is 11.8 Å². The van der Waals surface area contributed by atoms with Crippen LogP contribution < -0.4 is 0 Å². The molecule has 1 aliphatic rings. The Bertz CT molecular complexity index is 296. The van der Waals surface area contributed by atoms with Crippen molar-refractivity contribution in [2.75, 3.05) is 13.7 Å². The number of Topliss-reactive ketones (excluding diaryl/α,β-unsaturated/α-hetero) is 1. The van der Waals surface area contributed by atoms with E-state index in [4.69, 9.17) is 5.11 Å². The molecule has 0 bridgehead atoms. The zero-order chi connectivity index (χ0) is 12.7. The van der Waals surface area contributed by atoms with Crippen molar-refractivity contribution in [2.45, 2.75) is 32.1 Å². The van der Waals surface area contributed by atoms with E-state index in [-0.39, 0.29) is 30.2 Å². The Balaban J connectivity index is 2.47. The maximum Gasteiger partial charge on any atom is 0.305 e. The average molecular weight is 240 g/mol. The Hall–Kier alpha value is -1.16. The van der Waals surface area contributed by atoms with Gasteiger partial charge in [-0.3, -0.25) is 9.59 Å². The number of carbonyl (C=O) groups is 2. The molecule has 17 heavy (non-hydrogen) atoms. The fourth-order valence-electron chi connectivity index (χ4n) is 2.28. The summed E-state index contributed by atoms with van der Waals surface area (Å²) in [5.74, 6) is 0.0689. The third kappa shape index (κ3) is 4.30. The number of hydrogen-bond donors (Lipinski definition) is 1. The van der Waals surface area contributed by atoms with Gasteiger partial charge in [-0.1, -0.05) is 12.2 Å². The summed E-state index contributed by atoms with van der Waals surface area (Å²) in [6.07, 6.45) is 6.77. The van der Waals surface area contributed by atoms with Gasteiger partial charge >= 0.3 is 5.97 Å². The summed E-state index contributed by atoms with van der Waals surface area (Å²) in [7, 11) is 1.37. The number of methoxy groups -OCH3 is 1. The van der Waals surface area contributed by atoms with Gasteiger partial charge < -0.3 is 9.84 Å². The fourth-order valence-corrected chi connectivity index (χ4v) is 2.28. The van der Waals surface area contributed by atoms with Gasteiger partial charge in [0.2, 0.25) is 0 Å². The van der Waals surface area contributed by atoms with Gasteiger partial charge in [0.1, 0.15) is 5.78 Å². The molecule has 0 amide bonds. The molecule has 0 saturated heterocycles. The van der Waals surface area contributed by atoms with E-state index in [2.05, 4.69) is 4.74 Å². The lowest BCUT2D eigenvalue weighted by Gasteiger charge is -2.15. The highest BCUT2D eigenvalue weighted by Crippen LogP contribution is 2.34. The van der Waals surface area contributed by atoms with Crippen LogP contribution in [0, 0.1) is 11.8 Å². The maximum atomic E-state index is 11.7. The van der Waals surface area contributed by atoms with Gasteiger partial charge in [-0.15, -0.1) is 0 Å². The van der Waals surface area contributed by atoms with E-state index in [1.165, 1.54) is 7.11 Å². The van der Waals surface area contributed by atoms with Gasteiger partial charge in [-0.05, 0) is 25.2 Å². The molecular weight excluding hydrogens is 220 g/mol. The van der Waals surface area contributed by atoms with E-state index in [1.54, 1.807) is 0 Å². The molecule has 2 atom stereocenters. The van der Waals surface area contributed by atoms with E-state index in [0.717, 1.165) is 6.42 Å². The Morgan fingerprint density at radius 1 is 1.53 bits per heavy atom. The van der Waals surface area contributed by atoms with E-state index >= 15 is 0 Å². The van der Waals surface area contributed by atoms with Gasteiger partial charge in [0.05, 0.1) is 7.11 Å². The second-order valence-electron chi connectivity index (χ2n) is 4.37. The second-order valence-corrected chi connectivity index (χ2v) is 4.37. The van der Waals surface area contributed by atoms with Crippen LogP contribution in [0.25, 0.3) is 0 Å². The number of aliphatic hydroxyl groups excluding tert-OH is 1. The molecule has 0 aromatic heterocycles. The Kier molecular flexibility index (Phi) is 5.91. The quantitative estimate of drug-likeness (QED) is 0.564. The summed E-state index contributed by atoms with van der Waals surface area (Å²) < 4.78 is 4.64. The average Bonchev–Trinajstić information content (AvgIpc) is 2.66. The summed E-state index contributed by atoms with van der Waals surface area (Å²) in [6, 6.07) is 0. The number of aliphatic hydroxyl groups is 1. The Morgan fingerprint density at radius 3 is 2.94 bits per heavy atom. The summed E-state index contributed by atoms with van der Waals surface area (Å²) in [6.45, 7) is 0.126. The van der Waals surface area contributed by atoms with Crippen LogP contribution >= 0.6 is 0 Å². The molecule has 1 aliphatic carbocycles. The zero-order valence-electron chi connectivity index (χ0n) is 10.2. The largest absolute Gasteiger partial charge is 0.469 e. The van der Waals surface area contributed by atoms with Crippen LogP contribution in [-0.4, -0.2) is 30.6 Å². The monoisotopic (exact) mass is 240 g/mol. The molecule has 1 saturated carbocycles. The van der Waals surface area contributed by atoms with Crippen molar-refractivity contribution in [1.29, 1.82) is 0 Å². The summed E-state index contributed by atoms with van der Waals surface area (Å²) in [5.41, 5.74) is 0. The predicted octanol–water partition coefficient (Wildman–Crippen LogP) is 1.47. The topological polar surface area (TPSA) is 63.6 Å². The number of allylic oxidation sites excluding steroid dienone is 1. The molecule has 0 aliphatic heterocycles. The molecule has 1 fully saturated rings. The number of carbonyl (C=O) groups excluding carboxylic acids is 2. The van der Waals surface area contributed by atoms with Crippen molar-refractivity contribution in [1.82, 2.24) is 0 Å². The van der Waals surface area contributed by atoms with Gasteiger partial charge in [0.15, 0.2) is 0 Å². The van der Waals surface area contributed by atoms with E-state index < -0.39 is 0 Å². The van der Waals surface area contributed by atoms with Crippen LogP contribution in [0.4, 0.5) is 0 Å². The molecule has 4 nitrogen and oxygen atoms in total. The van der Waals surface area contributed by atoms with Crippen molar-refractivity contribution < 1.29 is 19.4 Å². The number of esters is 1. The molecule has 0 aromatic carbocycles. The van der Waals surface area contributed by atoms with Crippen molar-refractivity contribution in [3.63, 3.8) is 0 Å². The predicted molar refractivity (Wildman–Crippen MR) is 63.3 cm³/mol. The maximum absolute atomic E-state index is 11.7. The minimum Gasteiger partial charge on any atom is -0.469 e. The molecule has 2 unspecified atom stereocenters. The summed E-state index contributed by atoms with van der Waals surface area (Å²) in [5, 5.41) is 8.63. The minimum atomic E-state index is -0.242. The number of ketones is 1. The lowest BCUT2D eigenvalue weighted by Crippen LogP contribution is -2.18. The van der Waals surface area contributed by atoms with Gasteiger partial charge in [-0.25, -0.2) is 0 Å². The van der Waals surface area contributed by atoms with Gasteiger partial charge in [-0.2, -0.15) is 0 Å². The van der Waals surface area contributed by atoms with Crippen LogP contribution in [0.3, 0.4) is 0 Å². The highest BCUT2D eigenvalue weighted by atomic mass is 16.5. The summed E-state index contributed by atoms with van der Waals surface area (Å²) >= 11 is 0. The number of ether oxygens (including phenoxy) is 1. The van der Waals surface area contributed by atoms with Crippen LogP contribution in [0.1, 0.15) is 32.1 Å². The van der Waals surface area contributed by atoms with Gasteiger partial charge in [0, 0.05) is 25.4 Å². The molecule has 0 spiro atoms. The zero-order valence-corrected chi connectivity index (χ0v) is 10.2. The fraction of sp³-hybridized carbons (Fsp3) is 0.692. The first-order chi connectivity index (χ1) is 8.19. The third-order valence-electron chi connectivity index (χ3n) is 3.25. The van der Waals surface area contributed by atoms with Crippen LogP contribution in [0.5, 0.6) is 0 Å². The minimum absolute atomic E-state index is 0.0518. The van der Waals surface area contributed by atoms with Crippen molar-refractivity contribution in [3.05, 3.63) is 12.2 Å². The Morgan fingerprint density at radius 2 is 2.29 bits per heavy atom. The van der Waals surface area contributed by atoms with Crippen LogP contribution in [0.15, 0.2) is 12.2 Å². The van der Waals surface area contributed by atoms with E-state index in [9.17, 15) is 9.59 Å². The standard InChI is InChI=1S/C13H20O4/c1-17-13(16)9-10-6-7-12(15)11(10)5-3-2-4-8-14/h2-3,10-11,14H,4-9H2,1H3/b3-2+. The normalized spacial score (nSPS) is 24.5.